The number of carbonyl (C=O) groups is 3. The van der Waals surface area contributed by atoms with Gasteiger partial charge in [-0.25, -0.2) is 0 Å². The zero-order chi connectivity index (χ0) is 22.1. The summed E-state index contributed by atoms with van der Waals surface area (Å²) in [5.41, 5.74) is 1.27. The summed E-state index contributed by atoms with van der Waals surface area (Å²) in [6.07, 6.45) is 7.40. The van der Waals surface area contributed by atoms with E-state index in [9.17, 15) is 14.4 Å². The van der Waals surface area contributed by atoms with Gasteiger partial charge in [0, 0.05) is 49.9 Å². The molecule has 1 saturated heterocycles. The number of rotatable bonds is 8. The van der Waals surface area contributed by atoms with E-state index in [1.807, 2.05) is 17.0 Å². The molecular formula is C24H36N4O3. The first-order chi connectivity index (χ1) is 15.1. The zero-order valence-electron chi connectivity index (χ0n) is 18.7. The van der Waals surface area contributed by atoms with Crippen LogP contribution < -0.4 is 10.6 Å². The fourth-order valence-corrected chi connectivity index (χ4v) is 4.29. The second-order valence-corrected chi connectivity index (χ2v) is 8.68. The van der Waals surface area contributed by atoms with Crippen molar-refractivity contribution in [2.45, 2.75) is 51.9 Å². The lowest BCUT2D eigenvalue weighted by Gasteiger charge is -2.34. The van der Waals surface area contributed by atoms with E-state index < -0.39 is 0 Å². The van der Waals surface area contributed by atoms with Crippen LogP contribution in [0, 0.1) is 5.92 Å². The standard InChI is InChI=1S/C24H36N4O3/c1-2-3-12-25-22(29)18-27-13-15-28(16-14-27)24(31)20-10-7-11-21(17-20)26-23(30)19-8-5-4-6-9-19/h7,10-11,17,19H,2-6,8-9,12-16,18H2,1H3,(H,25,29)(H,26,30). The molecule has 7 heteroatoms. The topological polar surface area (TPSA) is 81.8 Å². The first kappa shape index (κ1) is 23.3. The van der Waals surface area contributed by atoms with Gasteiger partial charge in [0.2, 0.25) is 11.8 Å². The fraction of sp³-hybridized carbons (Fsp3) is 0.625. The molecular weight excluding hydrogens is 392 g/mol. The lowest BCUT2D eigenvalue weighted by Crippen LogP contribution is -2.51. The van der Waals surface area contributed by atoms with Gasteiger partial charge in [0.05, 0.1) is 6.54 Å². The highest BCUT2D eigenvalue weighted by Crippen LogP contribution is 2.25. The van der Waals surface area contributed by atoms with Crippen molar-refractivity contribution >= 4 is 23.4 Å². The first-order valence-corrected chi connectivity index (χ1v) is 11.8. The van der Waals surface area contributed by atoms with Crippen LogP contribution in [0.15, 0.2) is 24.3 Å². The number of benzene rings is 1. The van der Waals surface area contributed by atoms with Crippen molar-refractivity contribution in [2.75, 3.05) is 44.6 Å². The number of nitrogens with zero attached hydrogens (tertiary/aromatic N) is 2. The third kappa shape index (κ3) is 7.06. The van der Waals surface area contributed by atoms with Gasteiger partial charge in [0.25, 0.3) is 5.91 Å². The van der Waals surface area contributed by atoms with Crippen LogP contribution in [0.4, 0.5) is 5.69 Å². The Bertz CT molecular complexity index is 753. The van der Waals surface area contributed by atoms with Crippen molar-refractivity contribution in [3.63, 3.8) is 0 Å². The van der Waals surface area contributed by atoms with Gasteiger partial charge in [-0.1, -0.05) is 38.7 Å². The van der Waals surface area contributed by atoms with Crippen molar-refractivity contribution in [3.8, 4) is 0 Å². The summed E-state index contributed by atoms with van der Waals surface area (Å²) < 4.78 is 0. The molecule has 1 aromatic rings. The van der Waals surface area contributed by atoms with E-state index in [1.54, 1.807) is 12.1 Å². The Morgan fingerprint density at radius 3 is 2.48 bits per heavy atom. The number of hydrogen-bond acceptors (Lipinski definition) is 4. The molecule has 7 nitrogen and oxygen atoms in total. The minimum atomic E-state index is -0.0270. The summed E-state index contributed by atoms with van der Waals surface area (Å²) in [6.45, 7) is 5.77. The van der Waals surface area contributed by atoms with E-state index in [0.717, 1.165) is 45.1 Å². The van der Waals surface area contributed by atoms with Crippen LogP contribution in [-0.2, 0) is 9.59 Å². The molecule has 0 spiro atoms. The molecule has 3 rings (SSSR count). The van der Waals surface area contributed by atoms with Gasteiger partial charge in [-0.15, -0.1) is 0 Å². The number of nitrogens with one attached hydrogen (secondary N) is 2. The van der Waals surface area contributed by atoms with Gasteiger partial charge in [0.15, 0.2) is 0 Å². The summed E-state index contributed by atoms with van der Waals surface area (Å²) in [5.74, 6) is 0.172. The Labute approximate surface area is 185 Å². The molecule has 31 heavy (non-hydrogen) atoms. The van der Waals surface area contributed by atoms with Crippen LogP contribution in [-0.4, -0.2) is 66.8 Å². The molecule has 1 heterocycles. The molecule has 0 aromatic heterocycles. The summed E-state index contributed by atoms with van der Waals surface area (Å²) in [5, 5.41) is 5.94. The predicted octanol–water partition coefficient (Wildman–Crippen LogP) is 2.88. The molecule has 2 aliphatic rings. The van der Waals surface area contributed by atoms with Gasteiger partial charge >= 0.3 is 0 Å². The average molecular weight is 429 g/mol. The number of carbonyl (C=O) groups excluding carboxylic acids is 3. The monoisotopic (exact) mass is 428 g/mol. The Hall–Kier alpha value is -2.41. The van der Waals surface area contributed by atoms with Crippen LogP contribution in [0.1, 0.15) is 62.2 Å². The highest BCUT2D eigenvalue weighted by Gasteiger charge is 2.24. The molecule has 1 saturated carbocycles. The Balaban J connectivity index is 1.48. The van der Waals surface area contributed by atoms with Gasteiger partial charge in [0.1, 0.15) is 0 Å². The van der Waals surface area contributed by atoms with Gasteiger partial charge < -0.3 is 15.5 Å². The average Bonchev–Trinajstić information content (AvgIpc) is 2.80. The van der Waals surface area contributed by atoms with E-state index in [2.05, 4.69) is 22.5 Å². The molecule has 0 atom stereocenters. The summed E-state index contributed by atoms with van der Waals surface area (Å²) >= 11 is 0. The SMILES string of the molecule is CCCCNC(=O)CN1CCN(C(=O)c2cccc(NC(=O)C3CCCCC3)c2)CC1. The molecule has 2 fully saturated rings. The minimum absolute atomic E-state index is 0.0270. The van der Waals surface area contributed by atoms with Gasteiger partial charge in [-0.3, -0.25) is 19.3 Å². The zero-order valence-corrected chi connectivity index (χ0v) is 18.7. The summed E-state index contributed by atoms with van der Waals surface area (Å²) in [4.78, 5) is 41.4. The first-order valence-electron chi connectivity index (χ1n) is 11.8. The normalized spacial score (nSPS) is 17.9. The number of unbranched alkanes of at least 4 members (excludes halogenated alkanes) is 1. The second kappa shape index (κ2) is 11.8. The number of anilines is 1. The predicted molar refractivity (Wildman–Crippen MR) is 122 cm³/mol. The number of amides is 3. The van der Waals surface area contributed by atoms with Crippen LogP contribution in [0.2, 0.25) is 0 Å². The van der Waals surface area contributed by atoms with Crippen LogP contribution in [0.25, 0.3) is 0 Å². The van der Waals surface area contributed by atoms with E-state index >= 15 is 0 Å². The van der Waals surface area contributed by atoms with Crippen molar-refractivity contribution < 1.29 is 14.4 Å². The molecule has 0 unspecified atom stereocenters. The Morgan fingerprint density at radius 2 is 1.77 bits per heavy atom. The van der Waals surface area contributed by atoms with Gasteiger partial charge in [-0.2, -0.15) is 0 Å². The molecule has 1 aliphatic carbocycles. The van der Waals surface area contributed by atoms with E-state index in [0.29, 0.717) is 44.0 Å². The third-order valence-electron chi connectivity index (χ3n) is 6.23. The quantitative estimate of drug-likeness (QED) is 0.624. The summed E-state index contributed by atoms with van der Waals surface area (Å²) in [7, 11) is 0. The van der Waals surface area contributed by atoms with Crippen molar-refractivity contribution in [2.24, 2.45) is 5.92 Å². The second-order valence-electron chi connectivity index (χ2n) is 8.68. The van der Waals surface area contributed by atoms with Crippen molar-refractivity contribution in [3.05, 3.63) is 29.8 Å². The van der Waals surface area contributed by atoms with E-state index in [-0.39, 0.29) is 23.6 Å². The molecule has 0 bridgehead atoms. The molecule has 1 aromatic carbocycles. The van der Waals surface area contributed by atoms with Crippen molar-refractivity contribution in [1.82, 2.24) is 15.1 Å². The maximum atomic E-state index is 13.0. The van der Waals surface area contributed by atoms with Crippen LogP contribution in [0.5, 0.6) is 0 Å². The third-order valence-corrected chi connectivity index (χ3v) is 6.23. The maximum Gasteiger partial charge on any atom is 0.254 e. The Morgan fingerprint density at radius 1 is 1.03 bits per heavy atom. The maximum absolute atomic E-state index is 13.0. The van der Waals surface area contributed by atoms with Crippen molar-refractivity contribution in [1.29, 1.82) is 0 Å². The lowest BCUT2D eigenvalue weighted by molar-refractivity contribution is -0.122. The van der Waals surface area contributed by atoms with Crippen LogP contribution in [0.3, 0.4) is 0 Å². The molecule has 0 radical (unpaired) electrons. The molecule has 2 N–H and O–H groups in total. The summed E-state index contributed by atoms with van der Waals surface area (Å²) in [6, 6.07) is 7.23. The van der Waals surface area contributed by atoms with E-state index in [4.69, 9.17) is 0 Å². The smallest absolute Gasteiger partial charge is 0.254 e. The number of piperazine rings is 1. The van der Waals surface area contributed by atoms with E-state index in [1.165, 1.54) is 6.42 Å². The minimum Gasteiger partial charge on any atom is -0.355 e. The lowest BCUT2D eigenvalue weighted by atomic mass is 9.88. The number of hydrogen-bond donors (Lipinski definition) is 2. The largest absolute Gasteiger partial charge is 0.355 e. The fourth-order valence-electron chi connectivity index (χ4n) is 4.29. The highest BCUT2D eigenvalue weighted by atomic mass is 16.2. The Kier molecular flexibility index (Phi) is 8.88. The van der Waals surface area contributed by atoms with Crippen LogP contribution >= 0.6 is 0 Å². The molecule has 1 aliphatic heterocycles. The highest BCUT2D eigenvalue weighted by molar-refractivity contribution is 5.97. The van der Waals surface area contributed by atoms with Gasteiger partial charge in [-0.05, 0) is 37.5 Å². The molecule has 170 valence electrons. The molecule has 3 amide bonds.